The lowest BCUT2D eigenvalue weighted by atomic mass is 10.0. The number of piperazine rings is 1. The zero-order valence-electron chi connectivity index (χ0n) is 17.4. The van der Waals surface area contributed by atoms with Gasteiger partial charge in [0.15, 0.2) is 0 Å². The Hall–Kier alpha value is -2.48. The number of carbonyl (C=O) groups excluding carboxylic acids is 1. The molecule has 1 atom stereocenters. The number of benzene rings is 1. The van der Waals surface area contributed by atoms with E-state index in [1.54, 1.807) is 6.07 Å². The van der Waals surface area contributed by atoms with Crippen LogP contribution in [-0.2, 0) is 4.74 Å². The number of nitrogens with one attached hydrogen (secondary N) is 2. The number of anilines is 1. The lowest BCUT2D eigenvalue weighted by Gasteiger charge is -2.35. The minimum atomic E-state index is -0.103. The molecule has 2 aliphatic rings. The smallest absolute Gasteiger partial charge is 0.269 e. The highest BCUT2D eigenvalue weighted by molar-refractivity contribution is 5.92. The minimum Gasteiger partial charge on any atom is -0.379 e. The fourth-order valence-electron chi connectivity index (χ4n) is 4.01. The van der Waals surface area contributed by atoms with Gasteiger partial charge in [0.25, 0.3) is 5.91 Å². The molecule has 160 valence electrons. The quantitative estimate of drug-likeness (QED) is 0.679. The first kappa shape index (κ1) is 20.8. The summed E-state index contributed by atoms with van der Waals surface area (Å²) in [5.74, 6) is 0.756. The van der Waals surface area contributed by atoms with E-state index in [1.807, 2.05) is 18.2 Å². The van der Waals surface area contributed by atoms with Crippen LogP contribution in [0.2, 0.25) is 0 Å². The van der Waals surface area contributed by atoms with Crippen molar-refractivity contribution < 1.29 is 9.53 Å². The van der Waals surface area contributed by atoms with Crippen LogP contribution >= 0.6 is 0 Å². The maximum absolute atomic E-state index is 12.6. The largest absolute Gasteiger partial charge is 0.379 e. The molecule has 30 heavy (non-hydrogen) atoms. The molecule has 2 fully saturated rings. The van der Waals surface area contributed by atoms with Gasteiger partial charge < -0.3 is 20.3 Å². The number of hydrogen-bond acceptors (Lipinski definition) is 6. The Bertz CT molecular complexity index is 810. The summed E-state index contributed by atoms with van der Waals surface area (Å²) in [4.78, 5) is 21.9. The number of morpholine rings is 1. The van der Waals surface area contributed by atoms with Crippen LogP contribution in [0.5, 0.6) is 0 Å². The standard InChI is InChI=1S/C23H31N5O2/c29-23(25-10-5-12-27-14-16-30-17-15-27)20-8-4-9-22(26-20)28-13-11-24-21(18-28)19-6-2-1-3-7-19/h1-4,6-9,21,24H,5,10-18H2,(H,25,29)/t21-/m0/s1. The summed E-state index contributed by atoms with van der Waals surface area (Å²) < 4.78 is 5.37. The molecule has 2 aromatic rings. The van der Waals surface area contributed by atoms with Crippen molar-refractivity contribution in [2.45, 2.75) is 12.5 Å². The van der Waals surface area contributed by atoms with E-state index in [0.29, 0.717) is 12.2 Å². The van der Waals surface area contributed by atoms with Gasteiger partial charge in [0.05, 0.1) is 13.2 Å². The van der Waals surface area contributed by atoms with Crippen LogP contribution in [0.4, 0.5) is 5.82 Å². The number of aromatic nitrogens is 1. The van der Waals surface area contributed by atoms with Crippen molar-refractivity contribution in [2.75, 3.05) is 63.9 Å². The summed E-state index contributed by atoms with van der Waals surface area (Å²) in [6.45, 7) is 7.81. The molecule has 1 aromatic heterocycles. The minimum absolute atomic E-state index is 0.103. The van der Waals surface area contributed by atoms with Gasteiger partial charge in [0.2, 0.25) is 0 Å². The summed E-state index contributed by atoms with van der Waals surface area (Å²) >= 11 is 0. The number of carbonyl (C=O) groups is 1. The second-order valence-electron chi connectivity index (χ2n) is 7.81. The lowest BCUT2D eigenvalue weighted by Crippen LogP contribution is -2.46. The Morgan fingerprint density at radius 2 is 1.93 bits per heavy atom. The Morgan fingerprint density at radius 3 is 2.77 bits per heavy atom. The number of hydrogen-bond donors (Lipinski definition) is 2. The number of ether oxygens (including phenoxy) is 1. The Morgan fingerprint density at radius 1 is 1.10 bits per heavy atom. The van der Waals surface area contributed by atoms with Crippen LogP contribution in [0.25, 0.3) is 0 Å². The normalized spacial score (nSPS) is 20.1. The fourth-order valence-corrected chi connectivity index (χ4v) is 4.01. The molecule has 0 saturated carbocycles. The Kier molecular flexibility index (Phi) is 7.29. The summed E-state index contributed by atoms with van der Waals surface area (Å²) in [5.41, 5.74) is 1.75. The fraction of sp³-hybridized carbons (Fsp3) is 0.478. The molecule has 2 saturated heterocycles. The van der Waals surface area contributed by atoms with Gasteiger partial charge in [-0.15, -0.1) is 0 Å². The predicted molar refractivity (Wildman–Crippen MR) is 118 cm³/mol. The first-order chi connectivity index (χ1) is 14.8. The van der Waals surface area contributed by atoms with Crippen molar-refractivity contribution in [2.24, 2.45) is 0 Å². The third kappa shape index (κ3) is 5.56. The van der Waals surface area contributed by atoms with Gasteiger partial charge in [-0.3, -0.25) is 9.69 Å². The van der Waals surface area contributed by atoms with Crippen LogP contribution in [0.3, 0.4) is 0 Å². The maximum atomic E-state index is 12.6. The molecular weight excluding hydrogens is 378 g/mol. The molecular formula is C23H31N5O2. The molecule has 0 radical (unpaired) electrons. The van der Waals surface area contributed by atoms with Crippen LogP contribution < -0.4 is 15.5 Å². The third-order valence-corrected chi connectivity index (χ3v) is 5.71. The topological polar surface area (TPSA) is 69.7 Å². The molecule has 0 bridgehead atoms. The molecule has 3 heterocycles. The van der Waals surface area contributed by atoms with E-state index < -0.39 is 0 Å². The number of nitrogens with zero attached hydrogens (tertiary/aromatic N) is 3. The zero-order valence-corrected chi connectivity index (χ0v) is 17.4. The molecule has 4 rings (SSSR count). The van der Waals surface area contributed by atoms with Gasteiger partial charge in [-0.1, -0.05) is 36.4 Å². The third-order valence-electron chi connectivity index (χ3n) is 5.71. The Labute approximate surface area is 178 Å². The van der Waals surface area contributed by atoms with Gasteiger partial charge in [-0.2, -0.15) is 0 Å². The van der Waals surface area contributed by atoms with Crippen molar-refractivity contribution in [1.29, 1.82) is 0 Å². The molecule has 2 aliphatic heterocycles. The second-order valence-corrected chi connectivity index (χ2v) is 7.81. The lowest BCUT2D eigenvalue weighted by molar-refractivity contribution is 0.0374. The van der Waals surface area contributed by atoms with E-state index in [0.717, 1.165) is 64.7 Å². The SMILES string of the molecule is O=C(NCCCN1CCOCC1)c1cccc(N2CCN[C@H](c3ccccc3)C2)n1. The average molecular weight is 410 g/mol. The van der Waals surface area contributed by atoms with E-state index in [1.165, 1.54) is 5.56 Å². The van der Waals surface area contributed by atoms with E-state index in [-0.39, 0.29) is 11.9 Å². The summed E-state index contributed by atoms with van der Waals surface area (Å²) in [6.07, 6.45) is 0.933. The molecule has 2 N–H and O–H groups in total. The van der Waals surface area contributed by atoms with Crippen molar-refractivity contribution in [3.63, 3.8) is 0 Å². The van der Waals surface area contributed by atoms with Crippen molar-refractivity contribution >= 4 is 11.7 Å². The summed E-state index contributed by atoms with van der Waals surface area (Å²) in [5, 5.41) is 6.59. The van der Waals surface area contributed by atoms with Crippen molar-refractivity contribution in [3.05, 3.63) is 59.8 Å². The number of pyridine rings is 1. The van der Waals surface area contributed by atoms with Crippen LogP contribution in [-0.4, -0.2) is 74.8 Å². The maximum Gasteiger partial charge on any atom is 0.269 e. The zero-order chi connectivity index (χ0) is 20.6. The number of rotatable bonds is 7. The van der Waals surface area contributed by atoms with Gasteiger partial charge >= 0.3 is 0 Å². The molecule has 7 nitrogen and oxygen atoms in total. The molecule has 1 amide bonds. The molecule has 7 heteroatoms. The van der Waals surface area contributed by atoms with Gasteiger partial charge in [-0.25, -0.2) is 4.98 Å². The Balaban J connectivity index is 1.30. The van der Waals surface area contributed by atoms with Gasteiger partial charge in [0.1, 0.15) is 11.5 Å². The summed E-state index contributed by atoms with van der Waals surface area (Å²) in [6, 6.07) is 16.4. The molecule has 0 unspecified atom stereocenters. The van der Waals surface area contributed by atoms with E-state index in [4.69, 9.17) is 4.74 Å². The van der Waals surface area contributed by atoms with E-state index >= 15 is 0 Å². The highest BCUT2D eigenvalue weighted by Crippen LogP contribution is 2.21. The molecule has 0 aliphatic carbocycles. The average Bonchev–Trinajstić information content (AvgIpc) is 2.83. The van der Waals surface area contributed by atoms with E-state index in [9.17, 15) is 4.79 Å². The van der Waals surface area contributed by atoms with Crippen molar-refractivity contribution in [3.8, 4) is 0 Å². The highest BCUT2D eigenvalue weighted by atomic mass is 16.5. The number of amides is 1. The van der Waals surface area contributed by atoms with Gasteiger partial charge in [-0.05, 0) is 30.7 Å². The highest BCUT2D eigenvalue weighted by Gasteiger charge is 2.22. The van der Waals surface area contributed by atoms with Crippen LogP contribution in [0.15, 0.2) is 48.5 Å². The summed E-state index contributed by atoms with van der Waals surface area (Å²) in [7, 11) is 0. The molecule has 0 spiro atoms. The first-order valence-corrected chi connectivity index (χ1v) is 10.9. The van der Waals surface area contributed by atoms with E-state index in [2.05, 4.69) is 49.7 Å². The second kappa shape index (κ2) is 10.5. The first-order valence-electron chi connectivity index (χ1n) is 10.9. The van der Waals surface area contributed by atoms with Crippen molar-refractivity contribution in [1.82, 2.24) is 20.5 Å². The molecule has 1 aromatic carbocycles. The van der Waals surface area contributed by atoms with Gasteiger partial charge in [0, 0.05) is 45.3 Å². The van der Waals surface area contributed by atoms with Crippen LogP contribution in [0.1, 0.15) is 28.5 Å². The van der Waals surface area contributed by atoms with Crippen LogP contribution in [0, 0.1) is 0 Å². The monoisotopic (exact) mass is 409 g/mol. The predicted octanol–water partition coefficient (Wildman–Crippen LogP) is 1.68.